The minimum atomic E-state index is -3.10. The summed E-state index contributed by atoms with van der Waals surface area (Å²) in [6.07, 6.45) is -0.288. The number of piperazine rings is 1. The van der Waals surface area contributed by atoms with Crippen LogP contribution in [0.1, 0.15) is 13.3 Å². The van der Waals surface area contributed by atoms with Gasteiger partial charge in [0, 0.05) is 32.6 Å². The van der Waals surface area contributed by atoms with Crippen molar-refractivity contribution >= 4 is 15.7 Å². The highest BCUT2D eigenvalue weighted by molar-refractivity contribution is 7.91. The molecule has 2 atom stereocenters. The first-order valence-electron chi connectivity index (χ1n) is 6.33. The van der Waals surface area contributed by atoms with E-state index in [-0.39, 0.29) is 23.5 Å². The highest BCUT2D eigenvalue weighted by Gasteiger charge is 2.40. The monoisotopic (exact) mass is 276 g/mol. The Bertz CT molecular complexity index is 415. The SMILES string of the molecule is CCC(=O)N1CCN([C@@H]2CS(=O)(=O)C[C@H]2O)CC1. The Morgan fingerprint density at radius 2 is 1.83 bits per heavy atom. The van der Waals surface area contributed by atoms with E-state index in [9.17, 15) is 18.3 Å². The van der Waals surface area contributed by atoms with E-state index in [4.69, 9.17) is 0 Å². The molecule has 0 aliphatic carbocycles. The van der Waals surface area contributed by atoms with Gasteiger partial charge in [0.25, 0.3) is 0 Å². The summed E-state index contributed by atoms with van der Waals surface area (Å²) in [4.78, 5) is 15.3. The molecule has 0 aromatic rings. The van der Waals surface area contributed by atoms with E-state index in [0.717, 1.165) is 0 Å². The Kier molecular flexibility index (Phi) is 3.93. The second-order valence-corrected chi connectivity index (χ2v) is 7.14. The predicted molar refractivity (Wildman–Crippen MR) is 66.9 cm³/mol. The molecule has 0 aromatic heterocycles. The highest BCUT2D eigenvalue weighted by Crippen LogP contribution is 2.20. The summed E-state index contributed by atoms with van der Waals surface area (Å²) < 4.78 is 22.9. The zero-order valence-electron chi connectivity index (χ0n) is 10.6. The topological polar surface area (TPSA) is 77.9 Å². The molecule has 0 unspecified atom stereocenters. The quantitative estimate of drug-likeness (QED) is 0.678. The van der Waals surface area contributed by atoms with Crippen LogP contribution in [0.3, 0.4) is 0 Å². The van der Waals surface area contributed by atoms with Crippen molar-refractivity contribution in [2.75, 3.05) is 37.7 Å². The maximum atomic E-state index is 11.5. The fraction of sp³-hybridized carbons (Fsp3) is 0.909. The number of aliphatic hydroxyl groups excluding tert-OH is 1. The van der Waals surface area contributed by atoms with Gasteiger partial charge < -0.3 is 10.0 Å². The molecule has 2 rings (SSSR count). The third kappa shape index (κ3) is 2.84. The van der Waals surface area contributed by atoms with Crippen LogP contribution in [0.5, 0.6) is 0 Å². The Hall–Kier alpha value is -0.660. The first-order valence-corrected chi connectivity index (χ1v) is 8.15. The zero-order chi connectivity index (χ0) is 13.3. The number of hydrogen-bond donors (Lipinski definition) is 1. The van der Waals surface area contributed by atoms with Gasteiger partial charge in [0.05, 0.1) is 23.7 Å². The van der Waals surface area contributed by atoms with Crippen LogP contribution in [0.2, 0.25) is 0 Å². The summed E-state index contributed by atoms with van der Waals surface area (Å²) in [7, 11) is -3.10. The lowest BCUT2D eigenvalue weighted by atomic mass is 10.1. The van der Waals surface area contributed by atoms with E-state index in [1.54, 1.807) is 4.90 Å². The molecule has 2 saturated heterocycles. The lowest BCUT2D eigenvalue weighted by Crippen LogP contribution is -2.54. The maximum absolute atomic E-state index is 11.5. The van der Waals surface area contributed by atoms with E-state index >= 15 is 0 Å². The molecular weight excluding hydrogens is 256 g/mol. The van der Waals surface area contributed by atoms with Gasteiger partial charge in [-0.15, -0.1) is 0 Å². The Balaban J connectivity index is 1.92. The van der Waals surface area contributed by atoms with Gasteiger partial charge in [0.1, 0.15) is 0 Å². The Labute approximate surface area is 107 Å². The number of aliphatic hydroxyl groups is 1. The van der Waals surface area contributed by atoms with E-state index in [1.807, 2.05) is 11.8 Å². The lowest BCUT2D eigenvalue weighted by Gasteiger charge is -2.38. The lowest BCUT2D eigenvalue weighted by molar-refractivity contribution is -0.133. The Morgan fingerprint density at radius 1 is 1.22 bits per heavy atom. The number of rotatable bonds is 2. The summed E-state index contributed by atoms with van der Waals surface area (Å²) in [5, 5.41) is 9.80. The molecule has 0 bridgehead atoms. The van der Waals surface area contributed by atoms with Gasteiger partial charge in [-0.2, -0.15) is 0 Å². The molecule has 2 aliphatic heterocycles. The van der Waals surface area contributed by atoms with Crippen molar-refractivity contribution in [3.63, 3.8) is 0 Å². The van der Waals surface area contributed by atoms with Gasteiger partial charge in [-0.05, 0) is 0 Å². The first kappa shape index (κ1) is 13.8. The zero-order valence-corrected chi connectivity index (χ0v) is 11.4. The van der Waals surface area contributed by atoms with Crippen molar-refractivity contribution in [3.8, 4) is 0 Å². The summed E-state index contributed by atoms with van der Waals surface area (Å²) in [6, 6.07) is -0.297. The molecule has 1 N–H and O–H groups in total. The van der Waals surface area contributed by atoms with Crippen LogP contribution in [-0.2, 0) is 14.6 Å². The van der Waals surface area contributed by atoms with Crippen molar-refractivity contribution in [2.24, 2.45) is 0 Å². The van der Waals surface area contributed by atoms with Crippen molar-refractivity contribution < 1.29 is 18.3 Å². The smallest absolute Gasteiger partial charge is 0.222 e. The minimum Gasteiger partial charge on any atom is -0.390 e. The molecule has 104 valence electrons. The van der Waals surface area contributed by atoms with Crippen LogP contribution < -0.4 is 0 Å². The number of carbonyl (C=O) groups excluding carboxylic acids is 1. The standard InChI is InChI=1S/C11H20N2O4S/c1-2-11(15)13-5-3-12(4-6-13)9-7-18(16,17)8-10(9)14/h9-10,14H,2-8H2,1H3/t9-,10-/m1/s1. The molecule has 0 spiro atoms. The fourth-order valence-electron chi connectivity index (χ4n) is 2.69. The van der Waals surface area contributed by atoms with Crippen LogP contribution in [0.25, 0.3) is 0 Å². The second kappa shape index (κ2) is 5.14. The van der Waals surface area contributed by atoms with Crippen molar-refractivity contribution in [1.29, 1.82) is 0 Å². The number of nitrogens with zero attached hydrogens (tertiary/aromatic N) is 2. The normalized spacial score (nSPS) is 32.7. The van der Waals surface area contributed by atoms with Gasteiger partial charge in [0.15, 0.2) is 9.84 Å². The highest BCUT2D eigenvalue weighted by atomic mass is 32.2. The number of carbonyl (C=O) groups is 1. The molecule has 7 heteroatoms. The summed E-state index contributed by atoms with van der Waals surface area (Å²) >= 11 is 0. The van der Waals surface area contributed by atoms with E-state index in [2.05, 4.69) is 0 Å². The van der Waals surface area contributed by atoms with Gasteiger partial charge >= 0.3 is 0 Å². The van der Waals surface area contributed by atoms with Crippen molar-refractivity contribution in [3.05, 3.63) is 0 Å². The summed E-state index contributed by atoms with van der Waals surface area (Å²) in [5.41, 5.74) is 0. The first-order chi connectivity index (χ1) is 8.43. The number of amides is 1. The maximum Gasteiger partial charge on any atom is 0.222 e. The van der Waals surface area contributed by atoms with E-state index in [0.29, 0.717) is 32.6 Å². The molecular formula is C11H20N2O4S. The fourth-order valence-corrected chi connectivity index (χ4v) is 4.52. The van der Waals surface area contributed by atoms with Crippen LogP contribution in [0, 0.1) is 0 Å². The molecule has 2 aliphatic rings. The van der Waals surface area contributed by atoms with Crippen LogP contribution in [0.15, 0.2) is 0 Å². The summed E-state index contributed by atoms with van der Waals surface area (Å²) in [6.45, 7) is 4.36. The van der Waals surface area contributed by atoms with Crippen molar-refractivity contribution in [2.45, 2.75) is 25.5 Å². The van der Waals surface area contributed by atoms with Gasteiger partial charge in [-0.1, -0.05) is 6.92 Å². The van der Waals surface area contributed by atoms with Crippen LogP contribution in [-0.4, -0.2) is 79.1 Å². The average molecular weight is 276 g/mol. The predicted octanol–water partition coefficient (Wildman–Crippen LogP) is -1.30. The van der Waals surface area contributed by atoms with Crippen LogP contribution in [0.4, 0.5) is 0 Å². The van der Waals surface area contributed by atoms with Crippen LogP contribution >= 0.6 is 0 Å². The molecule has 1 amide bonds. The molecule has 0 radical (unpaired) electrons. The largest absolute Gasteiger partial charge is 0.390 e. The number of sulfone groups is 1. The third-order valence-electron chi connectivity index (χ3n) is 3.73. The Morgan fingerprint density at radius 3 is 2.28 bits per heavy atom. The third-order valence-corrected chi connectivity index (χ3v) is 5.43. The van der Waals surface area contributed by atoms with E-state index < -0.39 is 15.9 Å². The molecule has 0 aromatic carbocycles. The molecule has 2 fully saturated rings. The van der Waals surface area contributed by atoms with Gasteiger partial charge in [0.2, 0.25) is 5.91 Å². The van der Waals surface area contributed by atoms with E-state index in [1.165, 1.54) is 0 Å². The number of hydrogen-bond acceptors (Lipinski definition) is 5. The summed E-state index contributed by atoms with van der Waals surface area (Å²) in [5.74, 6) is 0.0380. The van der Waals surface area contributed by atoms with Gasteiger partial charge in [-0.25, -0.2) is 8.42 Å². The minimum absolute atomic E-state index is 0.0376. The van der Waals surface area contributed by atoms with Gasteiger partial charge in [-0.3, -0.25) is 9.69 Å². The molecule has 18 heavy (non-hydrogen) atoms. The molecule has 0 saturated carbocycles. The second-order valence-electron chi connectivity index (χ2n) is 4.98. The van der Waals surface area contributed by atoms with Crippen molar-refractivity contribution in [1.82, 2.24) is 9.80 Å². The average Bonchev–Trinajstić information content (AvgIpc) is 2.62. The molecule has 2 heterocycles. The molecule has 6 nitrogen and oxygen atoms in total.